The quantitative estimate of drug-likeness (QED) is 0.492. The van der Waals surface area contributed by atoms with E-state index in [2.05, 4.69) is 5.32 Å². The highest BCUT2D eigenvalue weighted by molar-refractivity contribution is 6.21. The number of ether oxygens (including phenoxy) is 1. The molecule has 0 aliphatic heterocycles. The fourth-order valence-electron chi connectivity index (χ4n) is 1.53. The zero-order chi connectivity index (χ0) is 14.4. The molecule has 1 atom stereocenters. The number of nitrogens with zero attached hydrogens (tertiary/aromatic N) is 1. The summed E-state index contributed by atoms with van der Waals surface area (Å²) in [5, 5.41) is 13.0. The average molecular weight is 287 g/mol. The number of rotatable bonds is 6. The molecule has 1 N–H and O–H groups in total. The van der Waals surface area contributed by atoms with Crippen LogP contribution in [-0.2, 0) is 4.74 Å². The largest absolute Gasteiger partial charge is 0.383 e. The lowest BCUT2D eigenvalue weighted by atomic mass is 10.1. The molecule has 1 unspecified atom stereocenters. The second-order valence-electron chi connectivity index (χ2n) is 4.04. The number of nitrogens with one attached hydrogen (secondary N) is 1. The lowest BCUT2D eigenvalue weighted by Gasteiger charge is -2.10. The summed E-state index contributed by atoms with van der Waals surface area (Å²) < 4.78 is 4.83. The van der Waals surface area contributed by atoms with E-state index in [0.29, 0.717) is 0 Å². The van der Waals surface area contributed by atoms with E-state index in [1.807, 2.05) is 0 Å². The Hall–Kier alpha value is -1.66. The summed E-state index contributed by atoms with van der Waals surface area (Å²) in [5.41, 5.74) is 0.585. The van der Waals surface area contributed by atoms with Gasteiger partial charge in [0.25, 0.3) is 11.6 Å². The summed E-state index contributed by atoms with van der Waals surface area (Å²) >= 11 is 5.87. The fourth-order valence-corrected chi connectivity index (χ4v) is 1.73. The number of alkyl halides is 1. The van der Waals surface area contributed by atoms with Crippen LogP contribution < -0.4 is 5.32 Å². The molecule has 0 fully saturated rings. The van der Waals surface area contributed by atoms with E-state index in [1.165, 1.54) is 19.2 Å². The molecule has 7 heteroatoms. The summed E-state index contributed by atoms with van der Waals surface area (Å²) in [6.07, 6.45) is 0. The molecule has 1 aromatic rings. The van der Waals surface area contributed by atoms with Crippen molar-refractivity contribution in [3.05, 3.63) is 39.4 Å². The smallest absolute Gasteiger partial charge is 0.282 e. The number of hydrogen-bond donors (Lipinski definition) is 1. The van der Waals surface area contributed by atoms with Gasteiger partial charge in [-0.15, -0.1) is 11.6 Å². The number of benzene rings is 1. The van der Waals surface area contributed by atoms with Crippen molar-refractivity contribution in [3.63, 3.8) is 0 Å². The molecule has 1 rings (SSSR count). The highest BCUT2D eigenvalue weighted by Gasteiger charge is 2.20. The molecular weight excluding hydrogens is 272 g/mol. The van der Waals surface area contributed by atoms with Crippen molar-refractivity contribution in [3.8, 4) is 0 Å². The Balaban J connectivity index is 2.81. The first-order valence-corrected chi connectivity index (χ1v) is 6.05. The topological polar surface area (TPSA) is 81.5 Å². The van der Waals surface area contributed by atoms with Crippen molar-refractivity contribution < 1.29 is 14.5 Å². The van der Waals surface area contributed by atoms with Crippen molar-refractivity contribution in [1.82, 2.24) is 5.32 Å². The van der Waals surface area contributed by atoms with Crippen molar-refractivity contribution in [1.29, 1.82) is 0 Å². The number of amides is 1. The van der Waals surface area contributed by atoms with Crippen LogP contribution in [0.1, 0.15) is 15.9 Å². The Bertz CT molecular complexity index is 479. The van der Waals surface area contributed by atoms with Gasteiger partial charge in [0.2, 0.25) is 0 Å². The van der Waals surface area contributed by atoms with Crippen LogP contribution in [0.15, 0.2) is 18.2 Å². The number of nitro groups is 1. The van der Waals surface area contributed by atoms with Crippen molar-refractivity contribution in [2.75, 3.05) is 20.3 Å². The van der Waals surface area contributed by atoms with Crippen LogP contribution >= 0.6 is 11.6 Å². The minimum atomic E-state index is -0.582. The summed E-state index contributed by atoms with van der Waals surface area (Å²) in [6, 6.07) is 4.38. The maximum Gasteiger partial charge on any atom is 0.282 e. The number of nitro benzene ring substituents is 1. The van der Waals surface area contributed by atoms with Gasteiger partial charge in [-0.2, -0.15) is 0 Å². The maximum absolute atomic E-state index is 11.9. The van der Waals surface area contributed by atoms with Gasteiger partial charge in [0.1, 0.15) is 5.56 Å². The molecule has 0 aliphatic carbocycles. The predicted molar refractivity (Wildman–Crippen MR) is 71.7 cm³/mol. The lowest BCUT2D eigenvalue weighted by Crippen LogP contribution is -2.32. The van der Waals surface area contributed by atoms with Gasteiger partial charge in [-0.3, -0.25) is 14.9 Å². The second kappa shape index (κ2) is 7.06. The molecule has 19 heavy (non-hydrogen) atoms. The summed E-state index contributed by atoms with van der Waals surface area (Å²) in [5.74, 6) is -0.517. The SMILES string of the molecule is COCC(Cl)CNC(=O)c1cc(C)ccc1[N+](=O)[O-]. The average Bonchev–Trinajstić information content (AvgIpc) is 2.35. The van der Waals surface area contributed by atoms with Gasteiger partial charge < -0.3 is 10.1 Å². The number of carbonyl (C=O) groups excluding carboxylic acids is 1. The van der Waals surface area contributed by atoms with E-state index < -0.39 is 10.8 Å². The molecule has 0 heterocycles. The van der Waals surface area contributed by atoms with Gasteiger partial charge in [-0.1, -0.05) is 6.07 Å². The first-order chi connectivity index (χ1) is 8.95. The first kappa shape index (κ1) is 15.4. The molecule has 0 bridgehead atoms. The summed E-state index contributed by atoms with van der Waals surface area (Å²) in [4.78, 5) is 22.2. The molecule has 0 aliphatic rings. The Morgan fingerprint density at radius 2 is 2.26 bits per heavy atom. The molecule has 1 amide bonds. The molecular formula is C12H15ClN2O4. The Labute approximate surface area is 115 Å². The minimum absolute atomic E-state index is 0.0336. The van der Waals surface area contributed by atoms with E-state index in [1.54, 1.807) is 13.0 Å². The van der Waals surface area contributed by atoms with Gasteiger partial charge in [-0.05, 0) is 18.6 Å². The Kier molecular flexibility index (Phi) is 5.72. The van der Waals surface area contributed by atoms with Crippen molar-refractivity contribution in [2.45, 2.75) is 12.3 Å². The van der Waals surface area contributed by atoms with Crippen LogP contribution in [0, 0.1) is 17.0 Å². The van der Waals surface area contributed by atoms with E-state index in [4.69, 9.17) is 16.3 Å². The van der Waals surface area contributed by atoms with E-state index in [9.17, 15) is 14.9 Å². The molecule has 1 aromatic carbocycles. The second-order valence-corrected chi connectivity index (χ2v) is 4.66. The third-order valence-electron chi connectivity index (χ3n) is 2.42. The lowest BCUT2D eigenvalue weighted by molar-refractivity contribution is -0.385. The Morgan fingerprint density at radius 1 is 1.58 bits per heavy atom. The van der Waals surface area contributed by atoms with Gasteiger partial charge in [0.05, 0.1) is 16.9 Å². The number of carbonyl (C=O) groups is 1. The molecule has 6 nitrogen and oxygen atoms in total. The third-order valence-corrected chi connectivity index (χ3v) is 2.71. The third kappa shape index (κ3) is 4.50. The van der Waals surface area contributed by atoms with Crippen LogP contribution in [0.3, 0.4) is 0 Å². The normalized spacial score (nSPS) is 11.9. The molecule has 0 saturated carbocycles. The van der Waals surface area contributed by atoms with Crippen LogP contribution in [0.2, 0.25) is 0 Å². The molecule has 104 valence electrons. The van der Waals surface area contributed by atoms with Crippen LogP contribution in [0.4, 0.5) is 5.69 Å². The van der Waals surface area contributed by atoms with Gasteiger partial charge >= 0.3 is 0 Å². The monoisotopic (exact) mass is 286 g/mol. The summed E-state index contributed by atoms with van der Waals surface area (Å²) in [6.45, 7) is 2.23. The van der Waals surface area contributed by atoms with Crippen LogP contribution in [0.25, 0.3) is 0 Å². The maximum atomic E-state index is 11.9. The van der Waals surface area contributed by atoms with Crippen LogP contribution in [0.5, 0.6) is 0 Å². The molecule has 0 spiro atoms. The zero-order valence-electron chi connectivity index (χ0n) is 10.7. The fraction of sp³-hybridized carbons (Fsp3) is 0.417. The zero-order valence-corrected chi connectivity index (χ0v) is 11.4. The van der Waals surface area contributed by atoms with Crippen LogP contribution in [-0.4, -0.2) is 36.5 Å². The van der Waals surface area contributed by atoms with Gasteiger partial charge in [0, 0.05) is 19.7 Å². The highest BCUT2D eigenvalue weighted by atomic mass is 35.5. The summed E-state index contributed by atoms with van der Waals surface area (Å²) in [7, 11) is 1.50. The highest BCUT2D eigenvalue weighted by Crippen LogP contribution is 2.19. The minimum Gasteiger partial charge on any atom is -0.383 e. The Morgan fingerprint density at radius 3 is 2.84 bits per heavy atom. The molecule has 0 saturated heterocycles. The van der Waals surface area contributed by atoms with Gasteiger partial charge in [-0.25, -0.2) is 0 Å². The number of halogens is 1. The standard InChI is InChI=1S/C12H15ClN2O4/c1-8-3-4-11(15(17)18)10(5-8)12(16)14-6-9(13)7-19-2/h3-5,9H,6-7H2,1-2H3,(H,14,16). The van der Waals surface area contributed by atoms with Gasteiger partial charge in [0.15, 0.2) is 0 Å². The predicted octanol–water partition coefficient (Wildman–Crippen LogP) is 1.89. The first-order valence-electron chi connectivity index (χ1n) is 5.62. The number of hydrogen-bond acceptors (Lipinski definition) is 4. The van der Waals surface area contributed by atoms with Crippen molar-refractivity contribution in [2.24, 2.45) is 0 Å². The molecule has 0 radical (unpaired) electrons. The number of methoxy groups -OCH3 is 1. The van der Waals surface area contributed by atoms with E-state index in [0.717, 1.165) is 5.56 Å². The van der Waals surface area contributed by atoms with E-state index in [-0.39, 0.29) is 29.8 Å². The van der Waals surface area contributed by atoms with E-state index >= 15 is 0 Å². The number of aryl methyl sites for hydroxylation is 1. The van der Waals surface area contributed by atoms with Crippen molar-refractivity contribution >= 4 is 23.2 Å². The molecule has 0 aromatic heterocycles.